The zero-order valence-corrected chi connectivity index (χ0v) is 17.2. The Morgan fingerprint density at radius 2 is 2.19 bits per heavy atom. The van der Waals surface area contributed by atoms with Crippen LogP contribution < -0.4 is 16.1 Å². The molecule has 2 N–H and O–H groups in total. The normalized spacial score (nSPS) is 23.0. The predicted octanol–water partition coefficient (Wildman–Crippen LogP) is 1.96. The largest absolute Gasteiger partial charge is 0.343 e. The summed E-state index contributed by atoms with van der Waals surface area (Å²) in [5, 5.41) is 17.8. The second-order valence-electron chi connectivity index (χ2n) is 8.64. The summed E-state index contributed by atoms with van der Waals surface area (Å²) in [6, 6.07) is 1.83. The molecule has 2 aliphatic heterocycles. The van der Waals surface area contributed by atoms with E-state index in [0.29, 0.717) is 24.2 Å². The van der Waals surface area contributed by atoms with Crippen LogP contribution in [-0.2, 0) is 5.54 Å². The van der Waals surface area contributed by atoms with Crippen LogP contribution in [0.1, 0.15) is 46.8 Å². The number of ketones is 1. The fourth-order valence-corrected chi connectivity index (χ4v) is 5.00. The molecule has 2 aromatic rings. The Kier molecular flexibility index (Phi) is 4.56. The van der Waals surface area contributed by atoms with Gasteiger partial charge in [0.1, 0.15) is 5.82 Å². The van der Waals surface area contributed by atoms with Crippen LogP contribution >= 0.6 is 0 Å². The zero-order chi connectivity index (χ0) is 21.9. The number of aromatic nitrogens is 1. The molecule has 0 radical (unpaired) electrons. The first-order valence-corrected chi connectivity index (χ1v) is 10.5. The van der Waals surface area contributed by atoms with Gasteiger partial charge in [-0.15, -0.1) is 0 Å². The van der Waals surface area contributed by atoms with Gasteiger partial charge in [-0.25, -0.2) is 4.39 Å². The molecule has 5 rings (SSSR count). The molecule has 1 saturated heterocycles. The smallest absolute Gasteiger partial charge is 0.266 e. The Balaban J connectivity index is 1.79. The van der Waals surface area contributed by atoms with Crippen LogP contribution in [0, 0.1) is 22.9 Å². The summed E-state index contributed by atoms with van der Waals surface area (Å²) < 4.78 is 17.6. The lowest BCUT2D eigenvalue weighted by molar-refractivity contribution is -0.465. The van der Waals surface area contributed by atoms with Gasteiger partial charge in [0.2, 0.25) is 11.2 Å². The van der Waals surface area contributed by atoms with Crippen molar-refractivity contribution >= 4 is 16.7 Å². The predicted molar refractivity (Wildman–Crippen MR) is 113 cm³/mol. The first-order valence-electron chi connectivity index (χ1n) is 10.5. The molecule has 0 spiro atoms. The molecule has 0 amide bonds. The lowest BCUT2D eigenvalue weighted by Gasteiger charge is -2.36. The van der Waals surface area contributed by atoms with Crippen molar-refractivity contribution in [2.75, 3.05) is 26.2 Å². The summed E-state index contributed by atoms with van der Waals surface area (Å²) in [6.45, 7) is 2.54. The number of carbonyl (C=O) groups is 1. The van der Waals surface area contributed by atoms with Crippen molar-refractivity contribution in [1.29, 1.82) is 0 Å². The molecule has 3 heterocycles. The Hall–Kier alpha value is -2.91. The lowest BCUT2D eigenvalue weighted by atomic mass is 9.80. The number of nitro groups is 1. The lowest BCUT2D eigenvalue weighted by Crippen LogP contribution is -2.48. The number of benzene rings is 1. The number of hydrogen-bond acceptors (Lipinski definition) is 6. The van der Waals surface area contributed by atoms with Crippen molar-refractivity contribution < 1.29 is 14.1 Å². The molecule has 162 valence electrons. The number of pyridine rings is 1. The average molecular weight is 426 g/mol. The summed E-state index contributed by atoms with van der Waals surface area (Å²) >= 11 is 0. The number of nitrogens with zero attached hydrogens (tertiary/aromatic N) is 2. The first kappa shape index (κ1) is 20.0. The third-order valence-corrected chi connectivity index (χ3v) is 6.68. The van der Waals surface area contributed by atoms with Gasteiger partial charge >= 0.3 is 0 Å². The Morgan fingerprint density at radius 3 is 2.90 bits per heavy atom. The number of fused-ring (bicyclic) bond motifs is 2. The maximum absolute atomic E-state index is 15.8. The average Bonchev–Trinajstić information content (AvgIpc) is 3.47. The van der Waals surface area contributed by atoms with Gasteiger partial charge in [0.15, 0.2) is 0 Å². The zero-order valence-electron chi connectivity index (χ0n) is 17.2. The van der Waals surface area contributed by atoms with Crippen LogP contribution in [0.25, 0.3) is 10.9 Å². The van der Waals surface area contributed by atoms with Gasteiger partial charge in [0.25, 0.3) is 6.54 Å². The van der Waals surface area contributed by atoms with Crippen molar-refractivity contribution in [2.24, 2.45) is 0 Å². The van der Waals surface area contributed by atoms with Crippen molar-refractivity contribution in [3.8, 4) is 0 Å². The Bertz CT molecular complexity index is 1230. The second kappa shape index (κ2) is 7.06. The van der Waals surface area contributed by atoms with Crippen molar-refractivity contribution in [2.45, 2.75) is 37.8 Å². The molecule has 0 bridgehead atoms. The second-order valence-corrected chi connectivity index (χ2v) is 8.64. The molecular weight excluding hydrogens is 403 g/mol. The highest BCUT2D eigenvalue weighted by Gasteiger charge is 2.44. The number of hydrogen-bond donors (Lipinski definition) is 2. The topological polar surface area (TPSA) is 106 Å². The van der Waals surface area contributed by atoms with E-state index in [0.717, 1.165) is 31.4 Å². The van der Waals surface area contributed by atoms with Crippen LogP contribution in [0.5, 0.6) is 0 Å². The molecule has 1 aromatic heterocycles. The molecule has 3 aliphatic rings. The van der Waals surface area contributed by atoms with Gasteiger partial charge in [-0.3, -0.25) is 19.7 Å². The minimum Gasteiger partial charge on any atom is -0.343 e. The minimum absolute atomic E-state index is 0.0940. The van der Waals surface area contributed by atoms with Gasteiger partial charge in [0, 0.05) is 35.8 Å². The maximum Gasteiger partial charge on any atom is 0.266 e. The number of rotatable bonds is 5. The molecule has 1 aromatic carbocycles. The molecule has 8 nitrogen and oxygen atoms in total. The molecular formula is C22H23FN4O4. The van der Waals surface area contributed by atoms with E-state index in [1.54, 1.807) is 13.0 Å². The van der Waals surface area contributed by atoms with Crippen LogP contribution in [0.2, 0.25) is 0 Å². The third-order valence-electron chi connectivity index (χ3n) is 6.68. The first-order chi connectivity index (χ1) is 14.8. The van der Waals surface area contributed by atoms with E-state index in [1.165, 1.54) is 6.20 Å². The molecule has 1 unspecified atom stereocenters. The SMILES string of the molecule is Cc1c(F)c(C23CNCC2=CCCN3)cc2c1c(=O)c(C(=O)C[N+](=O)[O-])cn2C1CC1. The molecule has 1 saturated carbocycles. The van der Waals surface area contributed by atoms with Crippen LogP contribution in [0.15, 0.2) is 28.7 Å². The summed E-state index contributed by atoms with van der Waals surface area (Å²) in [4.78, 5) is 35.7. The van der Waals surface area contributed by atoms with Crippen LogP contribution in [0.4, 0.5) is 4.39 Å². The monoisotopic (exact) mass is 426 g/mol. The quantitative estimate of drug-likeness (QED) is 0.328. The third kappa shape index (κ3) is 3.02. The molecule has 31 heavy (non-hydrogen) atoms. The van der Waals surface area contributed by atoms with E-state index >= 15 is 4.39 Å². The summed E-state index contributed by atoms with van der Waals surface area (Å²) in [5.41, 5.74) is 0.787. The number of carbonyl (C=O) groups excluding carboxylic acids is 1. The highest BCUT2D eigenvalue weighted by atomic mass is 19.1. The fourth-order valence-electron chi connectivity index (χ4n) is 5.00. The fraction of sp³-hybridized carbons (Fsp3) is 0.455. The van der Waals surface area contributed by atoms with E-state index < -0.39 is 34.0 Å². The van der Waals surface area contributed by atoms with E-state index in [-0.39, 0.29) is 22.6 Å². The number of Topliss-reactive ketones (excluding diaryl/α,β-unsaturated/α-hetero) is 1. The van der Waals surface area contributed by atoms with Crippen LogP contribution in [0.3, 0.4) is 0 Å². The standard InChI is InChI=1S/C22H23FN4O4/c1-12-19-17(7-16(20(12)23)22-11-24-8-13(22)3-2-6-25-22)26(14-4-5-14)9-15(21(19)29)18(28)10-27(30)31/h3,7,9,14,24-25H,2,4-6,8,10-11H2,1H3. The molecule has 1 atom stereocenters. The van der Waals surface area contributed by atoms with Gasteiger partial charge < -0.3 is 15.2 Å². The van der Waals surface area contributed by atoms with Crippen molar-refractivity contribution in [1.82, 2.24) is 15.2 Å². The van der Waals surface area contributed by atoms with Gasteiger partial charge in [-0.05, 0) is 49.9 Å². The molecule has 1 aliphatic carbocycles. The van der Waals surface area contributed by atoms with E-state index in [2.05, 4.69) is 16.7 Å². The summed E-state index contributed by atoms with van der Waals surface area (Å²) in [5.74, 6) is -1.33. The number of aryl methyl sites for hydroxylation is 1. The molecule has 9 heteroatoms. The highest BCUT2D eigenvalue weighted by molar-refractivity contribution is 6.00. The maximum atomic E-state index is 15.8. The van der Waals surface area contributed by atoms with Gasteiger partial charge in [-0.2, -0.15) is 0 Å². The summed E-state index contributed by atoms with van der Waals surface area (Å²) in [6.07, 6.45) is 6.21. The Morgan fingerprint density at radius 1 is 1.42 bits per heavy atom. The van der Waals surface area contributed by atoms with E-state index in [4.69, 9.17) is 0 Å². The van der Waals surface area contributed by atoms with E-state index in [1.807, 2.05) is 4.57 Å². The minimum atomic E-state index is -0.960. The molecule has 2 fully saturated rings. The van der Waals surface area contributed by atoms with Gasteiger partial charge in [-0.1, -0.05) is 6.08 Å². The highest BCUT2D eigenvalue weighted by Crippen LogP contribution is 2.42. The van der Waals surface area contributed by atoms with Crippen LogP contribution in [-0.4, -0.2) is 41.5 Å². The summed E-state index contributed by atoms with van der Waals surface area (Å²) in [7, 11) is 0. The number of halogens is 1. The van der Waals surface area contributed by atoms with Crippen molar-refractivity contribution in [3.05, 3.63) is 66.8 Å². The Labute approximate surface area is 177 Å². The van der Waals surface area contributed by atoms with Crippen molar-refractivity contribution in [3.63, 3.8) is 0 Å². The number of nitrogens with one attached hydrogen (secondary N) is 2. The van der Waals surface area contributed by atoms with E-state index in [9.17, 15) is 19.7 Å². The van der Waals surface area contributed by atoms with Gasteiger partial charge in [0.05, 0.1) is 22.0 Å².